The van der Waals surface area contributed by atoms with Crippen LogP contribution in [0.2, 0.25) is 10.0 Å². The first-order valence-corrected chi connectivity index (χ1v) is 8.93. The Labute approximate surface area is 127 Å². The fourth-order valence-corrected chi connectivity index (χ4v) is 5.19. The van der Waals surface area contributed by atoms with Crippen LogP contribution in [0, 0.1) is 0 Å². The summed E-state index contributed by atoms with van der Waals surface area (Å²) < 4.78 is 31.4. The van der Waals surface area contributed by atoms with Gasteiger partial charge in [0.05, 0.1) is 17.2 Å². The summed E-state index contributed by atoms with van der Waals surface area (Å²) >= 11 is 13.7. The average molecular weight is 342 g/mol. The van der Waals surface area contributed by atoms with Gasteiger partial charge in [-0.15, -0.1) is 0 Å². The number of hydrogen-bond donors (Lipinski definition) is 0. The third-order valence-corrected chi connectivity index (χ3v) is 6.40. The Balaban J connectivity index is 2.42. The van der Waals surface area contributed by atoms with Crippen LogP contribution in [0.1, 0.15) is 0 Å². The number of ether oxygens (including phenoxy) is 1. The van der Waals surface area contributed by atoms with E-state index >= 15 is 0 Å². The molecule has 0 N–H and O–H groups in total. The average Bonchev–Trinajstić information content (AvgIpc) is 2.41. The molecule has 1 heterocycles. The summed E-state index contributed by atoms with van der Waals surface area (Å²) in [6.07, 6.45) is 0. The van der Waals surface area contributed by atoms with Crippen molar-refractivity contribution in [3.05, 3.63) is 22.2 Å². The summed E-state index contributed by atoms with van der Waals surface area (Å²) in [5.41, 5.74) is 0. The molecule has 0 spiro atoms. The number of halogens is 2. The second-order valence-electron chi connectivity index (χ2n) is 3.93. The molecule has 0 saturated carbocycles. The van der Waals surface area contributed by atoms with Crippen LogP contribution >= 0.6 is 35.0 Å². The van der Waals surface area contributed by atoms with Crippen molar-refractivity contribution < 1.29 is 13.2 Å². The quantitative estimate of drug-likeness (QED) is 0.847. The van der Waals surface area contributed by atoms with Gasteiger partial charge in [-0.2, -0.15) is 16.1 Å². The van der Waals surface area contributed by atoms with Crippen molar-refractivity contribution in [3.8, 4) is 5.75 Å². The smallest absolute Gasteiger partial charge is 0.244 e. The molecule has 0 unspecified atom stereocenters. The number of rotatable bonds is 3. The van der Waals surface area contributed by atoms with Gasteiger partial charge in [-0.1, -0.05) is 23.2 Å². The molecule has 8 heteroatoms. The molecule has 106 valence electrons. The fourth-order valence-electron chi connectivity index (χ4n) is 1.79. The second kappa shape index (κ2) is 6.10. The van der Waals surface area contributed by atoms with Crippen molar-refractivity contribution >= 4 is 45.0 Å². The largest absolute Gasteiger partial charge is 0.495 e. The summed E-state index contributed by atoms with van der Waals surface area (Å²) in [5.74, 6) is 1.95. The van der Waals surface area contributed by atoms with E-state index in [-0.39, 0.29) is 14.9 Å². The van der Waals surface area contributed by atoms with E-state index in [4.69, 9.17) is 27.9 Å². The number of sulfonamides is 1. The lowest BCUT2D eigenvalue weighted by molar-refractivity contribution is 0.414. The van der Waals surface area contributed by atoms with Crippen LogP contribution in [-0.2, 0) is 10.0 Å². The number of methoxy groups -OCH3 is 1. The Morgan fingerprint density at radius 2 is 1.84 bits per heavy atom. The zero-order valence-electron chi connectivity index (χ0n) is 10.2. The van der Waals surface area contributed by atoms with Gasteiger partial charge >= 0.3 is 0 Å². The summed E-state index contributed by atoms with van der Waals surface area (Å²) in [4.78, 5) is 0.0341. The zero-order chi connectivity index (χ0) is 14.0. The van der Waals surface area contributed by atoms with Crippen LogP contribution in [0.3, 0.4) is 0 Å². The Bertz CT molecular complexity index is 572. The minimum absolute atomic E-state index is 0.0341. The highest BCUT2D eigenvalue weighted by Crippen LogP contribution is 2.35. The van der Waals surface area contributed by atoms with E-state index < -0.39 is 10.0 Å². The first-order chi connectivity index (χ1) is 8.96. The van der Waals surface area contributed by atoms with Gasteiger partial charge in [0.15, 0.2) is 0 Å². The lowest BCUT2D eigenvalue weighted by Gasteiger charge is -2.26. The van der Waals surface area contributed by atoms with Gasteiger partial charge in [0.25, 0.3) is 0 Å². The third kappa shape index (κ3) is 3.13. The molecule has 1 aromatic rings. The van der Waals surface area contributed by atoms with Crippen molar-refractivity contribution in [3.63, 3.8) is 0 Å². The molecule has 2 rings (SSSR count). The first-order valence-electron chi connectivity index (χ1n) is 5.57. The molecule has 19 heavy (non-hydrogen) atoms. The molecule has 0 radical (unpaired) electrons. The van der Waals surface area contributed by atoms with Crippen LogP contribution in [0.15, 0.2) is 17.0 Å². The minimum Gasteiger partial charge on any atom is -0.495 e. The van der Waals surface area contributed by atoms with Crippen LogP contribution in [-0.4, -0.2) is 44.4 Å². The highest BCUT2D eigenvalue weighted by molar-refractivity contribution is 7.99. The van der Waals surface area contributed by atoms with Gasteiger partial charge < -0.3 is 4.74 Å². The molecular formula is C11H13Cl2NO3S2. The maximum Gasteiger partial charge on any atom is 0.244 e. The number of benzene rings is 1. The molecular weight excluding hydrogens is 329 g/mol. The molecule has 1 aliphatic rings. The van der Waals surface area contributed by atoms with E-state index in [1.807, 2.05) is 0 Å². The Kier molecular flexibility index (Phi) is 4.89. The van der Waals surface area contributed by atoms with Crippen LogP contribution in [0.25, 0.3) is 0 Å². The van der Waals surface area contributed by atoms with Gasteiger partial charge in [-0.3, -0.25) is 0 Å². The van der Waals surface area contributed by atoms with Crippen LogP contribution in [0.4, 0.5) is 0 Å². The Morgan fingerprint density at radius 3 is 2.42 bits per heavy atom. The molecule has 0 atom stereocenters. The lowest BCUT2D eigenvalue weighted by atomic mass is 10.3. The predicted octanol–water partition coefficient (Wildman–Crippen LogP) is 2.74. The van der Waals surface area contributed by atoms with Crippen molar-refractivity contribution in [2.75, 3.05) is 31.7 Å². The van der Waals surface area contributed by atoms with Crippen molar-refractivity contribution in [2.24, 2.45) is 0 Å². The highest BCUT2D eigenvalue weighted by Gasteiger charge is 2.29. The first kappa shape index (κ1) is 15.3. The maximum absolute atomic E-state index is 12.5. The molecule has 4 nitrogen and oxygen atoms in total. The predicted molar refractivity (Wildman–Crippen MR) is 79.1 cm³/mol. The van der Waals surface area contributed by atoms with Gasteiger partial charge in [0.2, 0.25) is 10.0 Å². The van der Waals surface area contributed by atoms with Crippen molar-refractivity contribution in [2.45, 2.75) is 4.90 Å². The van der Waals surface area contributed by atoms with Crippen LogP contribution < -0.4 is 4.74 Å². The van der Waals surface area contributed by atoms with Crippen LogP contribution in [0.5, 0.6) is 5.75 Å². The van der Waals surface area contributed by atoms with E-state index in [1.54, 1.807) is 11.8 Å². The molecule has 0 bridgehead atoms. The molecule has 1 saturated heterocycles. The number of nitrogens with zero attached hydrogens (tertiary/aromatic N) is 1. The third-order valence-electron chi connectivity index (χ3n) is 2.79. The van der Waals surface area contributed by atoms with Crippen molar-refractivity contribution in [1.29, 1.82) is 0 Å². The second-order valence-corrected chi connectivity index (χ2v) is 7.88. The summed E-state index contributed by atoms with van der Waals surface area (Å²) in [5, 5.41) is 0.358. The standard InChI is InChI=1S/C11H13Cl2NO3S2/c1-17-10-6-9(13)11(7-8(10)12)19(15,16)14-2-4-18-5-3-14/h6-7H,2-5H2,1H3. The monoisotopic (exact) mass is 341 g/mol. The highest BCUT2D eigenvalue weighted by atomic mass is 35.5. The molecule has 0 aromatic heterocycles. The molecule has 0 amide bonds. The van der Waals surface area contributed by atoms with E-state index in [2.05, 4.69) is 0 Å². The van der Waals surface area contributed by atoms with Crippen molar-refractivity contribution in [1.82, 2.24) is 4.31 Å². The van der Waals surface area contributed by atoms with E-state index in [9.17, 15) is 8.42 Å². The normalized spacial score (nSPS) is 17.4. The number of hydrogen-bond acceptors (Lipinski definition) is 4. The topological polar surface area (TPSA) is 46.6 Å². The van der Waals surface area contributed by atoms with Gasteiger partial charge in [-0.25, -0.2) is 8.42 Å². The molecule has 1 aliphatic heterocycles. The molecule has 1 fully saturated rings. The Hall–Kier alpha value is -0.140. The lowest BCUT2D eigenvalue weighted by Crippen LogP contribution is -2.38. The fraction of sp³-hybridized carbons (Fsp3) is 0.455. The van der Waals surface area contributed by atoms with Gasteiger partial charge in [0.1, 0.15) is 10.6 Å². The Morgan fingerprint density at radius 1 is 1.21 bits per heavy atom. The summed E-state index contributed by atoms with van der Waals surface area (Å²) in [6, 6.07) is 2.77. The summed E-state index contributed by atoms with van der Waals surface area (Å²) in [7, 11) is -2.14. The summed E-state index contributed by atoms with van der Waals surface area (Å²) in [6.45, 7) is 0.986. The zero-order valence-corrected chi connectivity index (χ0v) is 13.4. The van der Waals surface area contributed by atoms with E-state index in [1.165, 1.54) is 23.5 Å². The van der Waals surface area contributed by atoms with E-state index in [0.717, 1.165) is 11.5 Å². The molecule has 1 aromatic carbocycles. The maximum atomic E-state index is 12.5. The number of thioether (sulfide) groups is 1. The SMILES string of the molecule is COc1cc(Cl)c(S(=O)(=O)N2CCSCC2)cc1Cl. The van der Waals surface area contributed by atoms with Gasteiger partial charge in [0, 0.05) is 30.7 Å². The van der Waals surface area contributed by atoms with Gasteiger partial charge in [-0.05, 0) is 6.07 Å². The minimum atomic E-state index is -3.59. The van der Waals surface area contributed by atoms with E-state index in [0.29, 0.717) is 18.8 Å². The molecule has 0 aliphatic carbocycles.